The van der Waals surface area contributed by atoms with Crippen LogP contribution >= 0.6 is 0 Å². The monoisotopic (exact) mass is 289 g/mol. The van der Waals surface area contributed by atoms with E-state index in [2.05, 4.69) is 5.32 Å². The van der Waals surface area contributed by atoms with Crippen molar-refractivity contribution in [2.24, 2.45) is 0 Å². The second-order valence-corrected chi connectivity index (χ2v) is 4.73. The van der Waals surface area contributed by atoms with Crippen molar-refractivity contribution in [3.8, 4) is 18.2 Å². The molecule has 0 unspecified atom stereocenters. The summed E-state index contributed by atoms with van der Waals surface area (Å²) in [5.41, 5.74) is 1.39. The topological polar surface area (TPSA) is 104 Å². The van der Waals surface area contributed by atoms with Gasteiger partial charge < -0.3 is 10.2 Å². The summed E-state index contributed by atoms with van der Waals surface area (Å²) < 4.78 is 0. The minimum absolute atomic E-state index is 0.0145. The normalized spacial score (nSPS) is 13.0. The molecule has 0 saturated carbocycles. The van der Waals surface area contributed by atoms with E-state index >= 15 is 0 Å². The Hall–Kier alpha value is -3.56. The van der Waals surface area contributed by atoms with Crippen molar-refractivity contribution in [1.82, 2.24) is 5.32 Å². The van der Waals surface area contributed by atoms with E-state index in [1.165, 1.54) is 0 Å². The Kier molecular flexibility index (Phi) is 3.93. The molecule has 2 rings (SSSR count). The molecule has 0 saturated heterocycles. The quantitative estimate of drug-likeness (QED) is 0.830. The zero-order valence-electron chi connectivity index (χ0n) is 12.0. The molecule has 0 radical (unpaired) electrons. The van der Waals surface area contributed by atoms with E-state index in [0.717, 1.165) is 5.69 Å². The number of hydrogen-bond donors (Lipinski definition) is 1. The predicted molar refractivity (Wildman–Crippen MR) is 79.7 cm³/mol. The van der Waals surface area contributed by atoms with Gasteiger partial charge in [-0.2, -0.15) is 15.8 Å². The summed E-state index contributed by atoms with van der Waals surface area (Å²) >= 11 is 0. The van der Waals surface area contributed by atoms with Crippen LogP contribution in [0.3, 0.4) is 0 Å². The summed E-state index contributed by atoms with van der Waals surface area (Å²) in [5, 5.41) is 29.6. The van der Waals surface area contributed by atoms with Gasteiger partial charge in [-0.1, -0.05) is 12.1 Å². The SMILES string of the molecule is CN(C)c1ccc(C2=C(C#N)C(=C(C#N)C#N)NC2=O)cc1. The van der Waals surface area contributed by atoms with Gasteiger partial charge in [-0.25, -0.2) is 0 Å². The third-order valence-electron chi connectivity index (χ3n) is 3.22. The Morgan fingerprint density at radius 3 is 2.14 bits per heavy atom. The highest BCUT2D eigenvalue weighted by Gasteiger charge is 2.31. The Morgan fingerprint density at radius 2 is 1.68 bits per heavy atom. The third-order valence-corrected chi connectivity index (χ3v) is 3.22. The van der Waals surface area contributed by atoms with E-state index < -0.39 is 5.91 Å². The fourth-order valence-electron chi connectivity index (χ4n) is 2.11. The Labute approximate surface area is 127 Å². The van der Waals surface area contributed by atoms with Crippen LogP contribution in [0.1, 0.15) is 5.56 Å². The molecule has 1 aromatic carbocycles. The van der Waals surface area contributed by atoms with Crippen molar-refractivity contribution in [2.75, 3.05) is 19.0 Å². The Bertz CT molecular complexity index is 807. The maximum Gasteiger partial charge on any atom is 0.257 e. The number of nitriles is 3. The van der Waals surface area contributed by atoms with Gasteiger partial charge in [0.25, 0.3) is 5.91 Å². The molecule has 1 aromatic rings. The molecule has 0 bridgehead atoms. The van der Waals surface area contributed by atoms with Crippen molar-refractivity contribution in [1.29, 1.82) is 15.8 Å². The zero-order valence-corrected chi connectivity index (χ0v) is 12.0. The molecular weight excluding hydrogens is 278 g/mol. The highest BCUT2D eigenvalue weighted by atomic mass is 16.2. The molecule has 0 spiro atoms. The number of carbonyl (C=O) groups is 1. The first kappa shape index (κ1) is 14.8. The molecule has 1 heterocycles. The summed E-state index contributed by atoms with van der Waals surface area (Å²) in [6.07, 6.45) is 0. The van der Waals surface area contributed by atoms with Gasteiger partial charge in [0.15, 0.2) is 5.57 Å². The molecule has 1 amide bonds. The van der Waals surface area contributed by atoms with Gasteiger partial charge in [-0.05, 0) is 17.7 Å². The number of nitrogens with zero attached hydrogens (tertiary/aromatic N) is 4. The lowest BCUT2D eigenvalue weighted by molar-refractivity contribution is -0.114. The fourth-order valence-corrected chi connectivity index (χ4v) is 2.11. The van der Waals surface area contributed by atoms with Gasteiger partial charge in [0.2, 0.25) is 0 Å². The van der Waals surface area contributed by atoms with Gasteiger partial charge in [-0.3, -0.25) is 4.79 Å². The van der Waals surface area contributed by atoms with Gasteiger partial charge in [0, 0.05) is 19.8 Å². The van der Waals surface area contributed by atoms with Gasteiger partial charge in [-0.15, -0.1) is 0 Å². The number of allylic oxidation sites excluding steroid dienone is 2. The van der Waals surface area contributed by atoms with Crippen LogP contribution < -0.4 is 10.2 Å². The molecular formula is C16H11N5O. The highest BCUT2D eigenvalue weighted by molar-refractivity contribution is 6.26. The van der Waals surface area contributed by atoms with Crippen LogP contribution in [0.25, 0.3) is 5.57 Å². The van der Waals surface area contributed by atoms with E-state index in [1.807, 2.05) is 37.2 Å². The lowest BCUT2D eigenvalue weighted by atomic mass is 10.00. The van der Waals surface area contributed by atoms with Crippen LogP contribution in [-0.4, -0.2) is 20.0 Å². The highest BCUT2D eigenvalue weighted by Crippen LogP contribution is 2.30. The molecule has 6 nitrogen and oxygen atoms in total. The summed E-state index contributed by atoms with van der Waals surface area (Å²) in [6.45, 7) is 0. The van der Waals surface area contributed by atoms with Crippen molar-refractivity contribution < 1.29 is 4.79 Å². The number of anilines is 1. The van der Waals surface area contributed by atoms with Gasteiger partial charge >= 0.3 is 0 Å². The molecule has 0 aliphatic carbocycles. The van der Waals surface area contributed by atoms with E-state index in [-0.39, 0.29) is 22.4 Å². The molecule has 1 N–H and O–H groups in total. The van der Waals surface area contributed by atoms with Crippen molar-refractivity contribution in [3.63, 3.8) is 0 Å². The van der Waals surface area contributed by atoms with Crippen molar-refractivity contribution in [2.45, 2.75) is 0 Å². The minimum Gasteiger partial charge on any atom is -0.378 e. The van der Waals surface area contributed by atoms with Crippen LogP contribution in [0.5, 0.6) is 0 Å². The van der Waals surface area contributed by atoms with E-state index in [1.54, 1.807) is 24.3 Å². The molecule has 22 heavy (non-hydrogen) atoms. The lowest BCUT2D eigenvalue weighted by Crippen LogP contribution is -2.17. The van der Waals surface area contributed by atoms with Gasteiger partial charge in [0.05, 0.1) is 16.8 Å². The van der Waals surface area contributed by atoms with E-state index in [0.29, 0.717) is 5.56 Å². The Morgan fingerprint density at radius 1 is 1.09 bits per heavy atom. The summed E-state index contributed by atoms with van der Waals surface area (Å²) in [4.78, 5) is 14.0. The molecule has 106 valence electrons. The molecule has 1 aliphatic rings. The third kappa shape index (κ3) is 2.40. The lowest BCUT2D eigenvalue weighted by Gasteiger charge is -2.12. The summed E-state index contributed by atoms with van der Waals surface area (Å²) in [5.74, 6) is -0.493. The number of nitrogens with one attached hydrogen (secondary N) is 1. The number of rotatable bonds is 2. The summed E-state index contributed by atoms with van der Waals surface area (Å²) in [7, 11) is 3.79. The first-order valence-electron chi connectivity index (χ1n) is 6.31. The van der Waals surface area contributed by atoms with Crippen LogP contribution in [0.15, 0.2) is 41.1 Å². The standard InChI is InChI=1S/C16H11N5O/c1-21(2)12-5-3-10(4-6-12)14-13(9-19)15(20-16(14)22)11(7-17)8-18/h3-6H,1-2H3,(H,20,22). The average molecular weight is 289 g/mol. The Balaban J connectivity index is 2.62. The molecule has 0 fully saturated rings. The van der Waals surface area contributed by atoms with Crippen LogP contribution in [0, 0.1) is 34.0 Å². The van der Waals surface area contributed by atoms with Crippen LogP contribution in [0.4, 0.5) is 5.69 Å². The first-order chi connectivity index (χ1) is 10.5. The van der Waals surface area contributed by atoms with Crippen LogP contribution in [0.2, 0.25) is 0 Å². The minimum atomic E-state index is -0.493. The zero-order chi connectivity index (χ0) is 16.3. The maximum absolute atomic E-state index is 12.1. The summed E-state index contributed by atoms with van der Waals surface area (Å²) in [6, 6.07) is 12.4. The molecule has 0 aromatic heterocycles. The number of hydrogen-bond acceptors (Lipinski definition) is 5. The average Bonchev–Trinajstić information content (AvgIpc) is 2.85. The smallest absolute Gasteiger partial charge is 0.257 e. The molecule has 0 atom stereocenters. The fraction of sp³-hybridized carbons (Fsp3) is 0.125. The van der Waals surface area contributed by atoms with Crippen LogP contribution in [-0.2, 0) is 4.79 Å². The second-order valence-electron chi connectivity index (χ2n) is 4.73. The second kappa shape index (κ2) is 5.83. The number of carbonyl (C=O) groups excluding carboxylic acids is 1. The van der Waals surface area contributed by atoms with Crippen molar-refractivity contribution in [3.05, 3.63) is 46.7 Å². The van der Waals surface area contributed by atoms with E-state index in [9.17, 15) is 10.1 Å². The largest absolute Gasteiger partial charge is 0.378 e. The van der Waals surface area contributed by atoms with E-state index in [4.69, 9.17) is 10.5 Å². The maximum atomic E-state index is 12.1. The van der Waals surface area contributed by atoms with Gasteiger partial charge in [0.1, 0.15) is 18.2 Å². The number of benzene rings is 1. The molecule has 1 aliphatic heterocycles. The number of amides is 1. The van der Waals surface area contributed by atoms with Crippen molar-refractivity contribution >= 4 is 17.2 Å². The predicted octanol–water partition coefficient (Wildman–Crippen LogP) is 1.46. The first-order valence-corrected chi connectivity index (χ1v) is 6.31. The molecule has 6 heteroatoms.